The Labute approximate surface area is 286 Å². The van der Waals surface area contributed by atoms with Gasteiger partial charge in [0.2, 0.25) is 0 Å². The summed E-state index contributed by atoms with van der Waals surface area (Å²) < 4.78 is 17.1. The standard InChI is InChI=1S/C14H28O2S.2C10H20O2S.Sn.H/c1-4-7-9-12(6-3)11-13(17)14(15)16-10-8-5-2;2*1-3-5-6-9(4-2)7-12-10(11)8-13;;/h12-13,17H,4-11H2,1-3H3;2*9,13H,3-8H2,1-2H3;;/q;;;+3;/p-3/t12-,13+;2*9-;;/m110../s1. The second-order valence-corrected chi connectivity index (χ2v) is 39.2. The maximum atomic E-state index is 13.3. The number of hydrogen-bond acceptors (Lipinski definition) is 9. The van der Waals surface area contributed by atoms with Gasteiger partial charge < -0.3 is 0 Å². The van der Waals surface area contributed by atoms with Gasteiger partial charge in [0.25, 0.3) is 0 Å². The first-order valence-corrected chi connectivity index (χ1v) is 32.8. The van der Waals surface area contributed by atoms with Gasteiger partial charge in [0.1, 0.15) is 0 Å². The molecule has 260 valence electrons. The third-order valence-corrected chi connectivity index (χ3v) is 38.0. The fourth-order valence-electron chi connectivity index (χ4n) is 4.74. The summed E-state index contributed by atoms with van der Waals surface area (Å²) in [7, 11) is 5.07. The third-order valence-electron chi connectivity index (χ3n) is 8.09. The molecule has 0 aromatic carbocycles. The molecule has 0 bridgehead atoms. The van der Waals surface area contributed by atoms with Crippen LogP contribution in [0.4, 0.5) is 0 Å². The fourth-order valence-corrected chi connectivity index (χ4v) is 33.5. The molecule has 0 radical (unpaired) electrons. The van der Waals surface area contributed by atoms with E-state index in [0.717, 1.165) is 96.3 Å². The van der Waals surface area contributed by atoms with E-state index in [2.05, 4.69) is 48.5 Å². The predicted octanol–water partition coefficient (Wildman–Crippen LogP) is 9.74. The first-order chi connectivity index (χ1) is 21.3. The number of hydrogen-bond donors (Lipinski definition) is 0. The van der Waals surface area contributed by atoms with E-state index in [4.69, 9.17) is 14.2 Å². The predicted molar refractivity (Wildman–Crippen MR) is 196 cm³/mol. The Kier molecular flexibility index (Phi) is 30.8. The molecule has 0 rings (SSSR count). The van der Waals surface area contributed by atoms with E-state index in [0.29, 0.717) is 37.6 Å². The van der Waals surface area contributed by atoms with Gasteiger partial charge in [-0.25, -0.2) is 0 Å². The molecule has 0 aliphatic heterocycles. The summed E-state index contributed by atoms with van der Waals surface area (Å²) in [5.41, 5.74) is 0. The zero-order valence-electron chi connectivity index (χ0n) is 29.2. The van der Waals surface area contributed by atoms with Gasteiger partial charge in [-0.05, 0) is 0 Å². The molecule has 0 amide bonds. The fraction of sp³-hybridized carbons (Fsp3) is 0.912. The van der Waals surface area contributed by atoms with E-state index >= 15 is 0 Å². The van der Waals surface area contributed by atoms with Gasteiger partial charge in [0.15, 0.2) is 0 Å². The monoisotopic (exact) mass is 786 g/mol. The van der Waals surface area contributed by atoms with Gasteiger partial charge in [0.05, 0.1) is 0 Å². The summed E-state index contributed by atoms with van der Waals surface area (Å²) in [5, 5.41) is -0.251. The first-order valence-electron chi connectivity index (χ1n) is 17.6. The molecule has 0 spiro atoms. The van der Waals surface area contributed by atoms with Crippen LogP contribution in [0.3, 0.4) is 0 Å². The number of carbonyl (C=O) groups excluding carboxylic acids is 3. The molecule has 0 aliphatic carbocycles. The minimum absolute atomic E-state index is 0.130. The van der Waals surface area contributed by atoms with Gasteiger partial charge in [-0.15, -0.1) is 0 Å². The third kappa shape index (κ3) is 23.6. The molecule has 0 heterocycles. The van der Waals surface area contributed by atoms with Crippen molar-refractivity contribution in [1.29, 1.82) is 0 Å². The molecule has 10 heteroatoms. The molecular weight excluding hydrogens is 719 g/mol. The second kappa shape index (κ2) is 30.6. The van der Waals surface area contributed by atoms with Crippen molar-refractivity contribution in [2.75, 3.05) is 31.3 Å². The van der Waals surface area contributed by atoms with Gasteiger partial charge in [-0.1, -0.05) is 0 Å². The normalized spacial score (nSPS) is 14.8. The van der Waals surface area contributed by atoms with Crippen LogP contribution in [0.25, 0.3) is 0 Å². The van der Waals surface area contributed by atoms with E-state index in [9.17, 15) is 14.4 Å². The number of unbranched alkanes of at least 4 members (excludes halogenated alkanes) is 4. The van der Waals surface area contributed by atoms with Crippen LogP contribution < -0.4 is 0 Å². The van der Waals surface area contributed by atoms with Gasteiger partial charge in [0, 0.05) is 0 Å². The number of ether oxygens (including phenoxy) is 3. The average Bonchev–Trinajstić information content (AvgIpc) is 3.03. The van der Waals surface area contributed by atoms with Crippen molar-refractivity contribution in [3.8, 4) is 0 Å². The van der Waals surface area contributed by atoms with Gasteiger partial charge >= 0.3 is 288 Å². The van der Waals surface area contributed by atoms with Gasteiger partial charge in [-0.3, -0.25) is 0 Å². The van der Waals surface area contributed by atoms with Crippen molar-refractivity contribution >= 4 is 60.4 Å². The summed E-state index contributed by atoms with van der Waals surface area (Å²) >= 11 is -2.77. The van der Waals surface area contributed by atoms with E-state index < -0.39 is 15.6 Å². The van der Waals surface area contributed by atoms with Crippen LogP contribution in [0.1, 0.15) is 145 Å². The topological polar surface area (TPSA) is 78.9 Å². The molecule has 0 aromatic rings. The summed E-state index contributed by atoms with van der Waals surface area (Å²) in [6.07, 6.45) is 15.8. The summed E-state index contributed by atoms with van der Waals surface area (Å²) in [4.78, 5) is 38.9. The zero-order valence-corrected chi connectivity index (χ0v) is 34.9. The molecule has 5 atom stereocenters. The SMILES string of the molecule is CCCCOC(=O)[C@H](C[C@H](CC)CCCC)[S][SnH]([S]CC(=O)OC[C@H](CC)CCCC)[S]CC(=O)OC[C@@H](CC)CCCC. The summed E-state index contributed by atoms with van der Waals surface area (Å²) in [5.74, 6) is 1.33. The summed E-state index contributed by atoms with van der Waals surface area (Å²) in [6.45, 7) is 16.6. The van der Waals surface area contributed by atoms with Crippen LogP contribution in [0.2, 0.25) is 0 Å². The van der Waals surface area contributed by atoms with Crippen LogP contribution >= 0.6 is 26.8 Å². The van der Waals surface area contributed by atoms with Crippen LogP contribution in [0.15, 0.2) is 0 Å². The number of rotatable bonds is 30. The minimum atomic E-state index is -2.77. The molecule has 0 aromatic heterocycles. The molecule has 0 aliphatic rings. The van der Waals surface area contributed by atoms with E-state index in [1.54, 1.807) is 26.8 Å². The van der Waals surface area contributed by atoms with Crippen molar-refractivity contribution in [1.82, 2.24) is 0 Å². The molecule has 1 unspecified atom stereocenters. The Morgan fingerprint density at radius 1 is 0.591 bits per heavy atom. The van der Waals surface area contributed by atoms with Crippen molar-refractivity contribution in [2.45, 2.75) is 150 Å². The quantitative estimate of drug-likeness (QED) is 0.0306. The number of carbonyl (C=O) groups is 3. The van der Waals surface area contributed by atoms with Crippen molar-refractivity contribution in [2.24, 2.45) is 17.8 Å². The summed E-state index contributed by atoms with van der Waals surface area (Å²) in [6, 6.07) is 0. The van der Waals surface area contributed by atoms with E-state index in [-0.39, 0.29) is 34.7 Å². The Bertz CT molecular complexity index is 693. The van der Waals surface area contributed by atoms with Crippen LogP contribution in [-0.2, 0) is 28.6 Å². The molecule has 0 N–H and O–H groups in total. The van der Waals surface area contributed by atoms with Crippen LogP contribution in [0.5, 0.6) is 0 Å². The molecule has 0 saturated carbocycles. The number of esters is 3. The molecule has 6 nitrogen and oxygen atoms in total. The average molecular weight is 786 g/mol. The van der Waals surface area contributed by atoms with Crippen molar-refractivity contribution in [3.63, 3.8) is 0 Å². The zero-order chi connectivity index (χ0) is 33.0. The van der Waals surface area contributed by atoms with E-state index in [1.165, 1.54) is 0 Å². The Morgan fingerprint density at radius 3 is 1.43 bits per heavy atom. The Morgan fingerprint density at radius 2 is 1.02 bits per heavy atom. The maximum absolute atomic E-state index is 13.3. The Balaban J connectivity index is 5.52. The molecule has 0 saturated heterocycles. The van der Waals surface area contributed by atoms with Crippen LogP contribution in [0, 0.1) is 17.8 Å². The van der Waals surface area contributed by atoms with Crippen molar-refractivity contribution in [3.05, 3.63) is 0 Å². The molecule has 44 heavy (non-hydrogen) atoms. The molecule has 0 fully saturated rings. The van der Waals surface area contributed by atoms with Crippen molar-refractivity contribution < 1.29 is 28.6 Å². The molecular formula is C34H66O6S3Sn. The Hall–Kier alpha value is 0.259. The second-order valence-electron chi connectivity index (χ2n) is 11.9. The van der Waals surface area contributed by atoms with Crippen LogP contribution in [-0.4, -0.2) is 70.1 Å². The first kappa shape index (κ1) is 44.3. The van der Waals surface area contributed by atoms with E-state index in [1.807, 2.05) is 0 Å². The van der Waals surface area contributed by atoms with Gasteiger partial charge in [-0.2, -0.15) is 0 Å².